The van der Waals surface area contributed by atoms with Crippen molar-refractivity contribution in [2.45, 2.75) is 198 Å². The van der Waals surface area contributed by atoms with Crippen LogP contribution < -0.4 is 47.3 Å². The van der Waals surface area contributed by atoms with Crippen molar-refractivity contribution in [3.8, 4) is 17.1 Å². The molecule has 12 heterocycles. The van der Waals surface area contributed by atoms with E-state index in [1.165, 1.54) is 60.5 Å². The Balaban J connectivity index is 0.000000199. The number of hydrogen-bond acceptors (Lipinski definition) is 27. The Morgan fingerprint density at radius 1 is 0.388 bits per heavy atom. The predicted molar refractivity (Wildman–Crippen MR) is 494 cm³/mol. The van der Waals surface area contributed by atoms with E-state index < -0.39 is 35.1 Å². The molecule has 0 bridgehead atoms. The summed E-state index contributed by atoms with van der Waals surface area (Å²) < 4.78 is 41.8. The van der Waals surface area contributed by atoms with Crippen molar-refractivity contribution in [3.63, 3.8) is 0 Å². The minimum absolute atomic E-state index is 0. The van der Waals surface area contributed by atoms with Crippen molar-refractivity contribution in [2.75, 3.05) is 73.1 Å². The highest BCUT2D eigenvalue weighted by atomic mass is 16.6. The molecule has 0 radical (unpaired) electrons. The molecule has 3 aliphatic rings. The van der Waals surface area contributed by atoms with Gasteiger partial charge in [0.15, 0.2) is 34.3 Å². The first-order chi connectivity index (χ1) is 59.8. The molecule has 6 atom stereocenters. The number of ketones is 3. The second kappa shape index (κ2) is 40.5. The zero-order valence-electron chi connectivity index (χ0n) is 73.9. The first kappa shape index (κ1) is 97.5. The van der Waals surface area contributed by atoms with Crippen molar-refractivity contribution >= 4 is 105 Å². The normalized spacial score (nSPS) is 16.2. The number of aromatic nitrogens is 15. The Labute approximate surface area is 748 Å². The summed E-state index contributed by atoms with van der Waals surface area (Å²) in [5, 5.41) is 22.5. The number of fused-ring (bicyclic) bond motifs is 3. The SMILES string of the molecule is C.C.C.CO[C@H]1CC[C@@H]1CC(=O)c1cnn2c(N(C)C(=O)OC(C)(C)C)cc(Nc3cccn(-c4ccc(C)nc4)c3=O)nc12.CO[C@H]1CC[C@@H]1CC(=O)c1cnn2c(N(C)C(=O)OC(C)(C)C)cc(Nc3cccn(-c4ccc(C)nc4)c3=O)nc12.CO[C@H]1CC[C@@H]1CC(=O)c1cnn2c(N(C)C(=O)OC(C)(C)C)cc(Nc3cccn(-c4ccc(C)nc4)c3=O)nc12. The van der Waals surface area contributed by atoms with Crippen LogP contribution in [0.2, 0.25) is 0 Å². The monoisotopic (exact) mass is 1770 g/mol. The number of aryl methyl sites for hydroxylation is 3. The molecule has 0 spiro atoms. The standard InChI is InChI=1S/3C30H35N7O5.3CH4/c3*1-18-9-11-20(16-31-18)36-13-7-8-22(28(36)39)33-25-15-26(35(5)29(40)42-30(2,3)4)37-27(34-25)21(17-32-37)23(38)14-19-10-12-24(19)41-6;;;/h3*7-9,11,13,15-17,19,24H,10,12,14H2,1-6H3,(H,33,34);3*1H4/t3*19-,24+;;;/m111.../s1. The number of carbonyl (C=O) groups is 6. The number of rotatable bonds is 24. The van der Waals surface area contributed by atoms with Gasteiger partial charge < -0.3 is 44.4 Å². The zero-order chi connectivity index (χ0) is 90.5. The average molecular weight is 1770 g/mol. The molecule has 3 fully saturated rings. The molecule has 12 aromatic rings. The maximum atomic E-state index is 13.4. The third-order valence-electron chi connectivity index (χ3n) is 21.7. The highest BCUT2D eigenvalue weighted by Crippen LogP contribution is 2.39. The minimum atomic E-state index is -0.732. The molecule has 36 nitrogen and oxygen atoms in total. The van der Waals surface area contributed by atoms with Gasteiger partial charge in [0, 0.05) is 116 Å². The van der Waals surface area contributed by atoms with E-state index in [1.54, 1.807) is 197 Å². The van der Waals surface area contributed by atoms with Crippen LogP contribution in [0.4, 0.5) is 66.4 Å². The van der Waals surface area contributed by atoms with E-state index in [1.807, 2.05) is 57.2 Å². The van der Waals surface area contributed by atoms with Crippen LogP contribution in [0.15, 0.2) is 161 Å². The summed E-state index contributed by atoms with van der Waals surface area (Å²) in [6.45, 7) is 21.6. The quantitative estimate of drug-likeness (QED) is 0.0373. The van der Waals surface area contributed by atoms with Gasteiger partial charge in [-0.2, -0.15) is 28.8 Å². The smallest absolute Gasteiger partial charge is 0.415 e. The molecule has 0 saturated heterocycles. The number of hydrogen-bond donors (Lipinski definition) is 3. The van der Waals surface area contributed by atoms with Gasteiger partial charge in [-0.1, -0.05) is 22.3 Å². The number of amides is 3. The summed E-state index contributed by atoms with van der Waals surface area (Å²) in [6, 6.07) is 25.7. The molecule has 0 unspecified atom stereocenters. The van der Waals surface area contributed by atoms with E-state index in [4.69, 9.17) is 28.4 Å². The number of anilines is 9. The summed E-state index contributed by atoms with van der Waals surface area (Å²) in [5.41, 5.74) is 3.58. The number of carbonyl (C=O) groups excluding carboxylic acids is 6. The first-order valence-corrected chi connectivity index (χ1v) is 41.3. The van der Waals surface area contributed by atoms with Gasteiger partial charge in [-0.15, -0.1) is 0 Å². The Bertz CT molecular complexity index is 5650. The fourth-order valence-electron chi connectivity index (χ4n) is 14.5. The van der Waals surface area contributed by atoms with Crippen LogP contribution in [-0.4, -0.2) is 186 Å². The van der Waals surface area contributed by atoms with E-state index in [2.05, 4.69) is 61.2 Å². The van der Waals surface area contributed by atoms with Crippen LogP contribution in [0.3, 0.4) is 0 Å². The van der Waals surface area contributed by atoms with Crippen molar-refractivity contribution in [1.29, 1.82) is 0 Å². The number of Topliss-reactive ketones (excluding diaryl/α,β-unsaturated/α-hetero) is 3. The van der Waals surface area contributed by atoms with Crippen LogP contribution in [0.5, 0.6) is 0 Å². The van der Waals surface area contributed by atoms with Gasteiger partial charge in [0.2, 0.25) is 0 Å². The lowest BCUT2D eigenvalue weighted by molar-refractivity contribution is -0.0171. The highest BCUT2D eigenvalue weighted by Gasteiger charge is 2.38. The van der Waals surface area contributed by atoms with Crippen LogP contribution in [0.1, 0.15) is 191 Å². The maximum absolute atomic E-state index is 13.4. The molecule has 36 heteroatoms. The molecule has 3 N–H and O–H groups in total. The average Bonchev–Trinajstić information content (AvgIpc) is 1.66. The van der Waals surface area contributed by atoms with E-state index in [-0.39, 0.29) is 144 Å². The van der Waals surface area contributed by atoms with Gasteiger partial charge >= 0.3 is 18.3 Å². The summed E-state index contributed by atoms with van der Waals surface area (Å²) in [4.78, 5) is 150. The number of methoxy groups -OCH3 is 3. The molecule has 0 aromatic carbocycles. The summed E-state index contributed by atoms with van der Waals surface area (Å²) in [6.07, 6.45) is 18.9. The predicted octanol–water partition coefficient (Wildman–Crippen LogP) is 16.0. The highest BCUT2D eigenvalue weighted by molar-refractivity contribution is 6.04. The van der Waals surface area contributed by atoms with Crippen LogP contribution in [0.25, 0.3) is 34.0 Å². The number of pyridine rings is 6. The minimum Gasteiger partial charge on any atom is -0.443 e. The van der Waals surface area contributed by atoms with Gasteiger partial charge in [0.25, 0.3) is 16.7 Å². The molecule has 3 amide bonds. The Hall–Kier alpha value is -13.7. The molecule has 684 valence electrons. The Morgan fingerprint density at radius 2 is 0.643 bits per heavy atom. The lowest BCUT2D eigenvalue weighted by Gasteiger charge is -2.34. The fourth-order valence-corrected chi connectivity index (χ4v) is 14.5. The van der Waals surface area contributed by atoms with Crippen molar-refractivity contribution < 1.29 is 57.2 Å². The summed E-state index contributed by atoms with van der Waals surface area (Å²) in [5.74, 6) is 1.65. The molecule has 12 aromatic heterocycles. The van der Waals surface area contributed by atoms with E-state index in [0.717, 1.165) is 55.6 Å². The van der Waals surface area contributed by atoms with Gasteiger partial charge in [-0.05, 0) is 212 Å². The molecular weight excluding hydrogens is 1650 g/mol. The van der Waals surface area contributed by atoms with Crippen molar-refractivity contribution in [1.82, 2.24) is 72.4 Å². The second-order valence-corrected chi connectivity index (χ2v) is 34.4. The molecule has 15 rings (SSSR count). The van der Waals surface area contributed by atoms with Crippen LogP contribution in [0, 0.1) is 38.5 Å². The lowest BCUT2D eigenvalue weighted by atomic mass is 9.78. The van der Waals surface area contributed by atoms with Crippen molar-refractivity contribution in [3.05, 3.63) is 212 Å². The molecule has 3 saturated carbocycles. The third-order valence-corrected chi connectivity index (χ3v) is 21.7. The molecule has 0 aliphatic heterocycles. The van der Waals surface area contributed by atoms with Gasteiger partial charge in [-0.25, -0.2) is 29.3 Å². The fraction of sp³-hybridized carbons (Fsp3) is 0.419. The number of nitrogens with one attached hydrogen (secondary N) is 3. The number of ether oxygens (including phenoxy) is 6. The topological polar surface area (TPSA) is 399 Å². The van der Waals surface area contributed by atoms with Crippen molar-refractivity contribution in [2.24, 2.45) is 17.8 Å². The zero-order valence-corrected chi connectivity index (χ0v) is 73.9. The first-order valence-electron chi connectivity index (χ1n) is 41.3. The van der Waals surface area contributed by atoms with Gasteiger partial charge in [0.05, 0.1) is 89.2 Å². The van der Waals surface area contributed by atoms with Gasteiger partial charge in [-0.3, -0.25) is 72.1 Å². The summed E-state index contributed by atoms with van der Waals surface area (Å²) in [7, 11) is 9.61. The summed E-state index contributed by atoms with van der Waals surface area (Å²) >= 11 is 0. The lowest BCUT2D eigenvalue weighted by Crippen LogP contribution is -2.35. The molecule has 3 aliphatic carbocycles. The maximum Gasteiger partial charge on any atom is 0.415 e. The number of nitrogens with zero attached hydrogens (tertiary/aromatic N) is 18. The van der Waals surface area contributed by atoms with E-state index in [9.17, 15) is 43.2 Å². The third kappa shape index (κ3) is 22.4. The Kier molecular flexibility index (Phi) is 30.6. The van der Waals surface area contributed by atoms with Crippen LogP contribution >= 0.6 is 0 Å². The van der Waals surface area contributed by atoms with E-state index in [0.29, 0.717) is 70.5 Å². The van der Waals surface area contributed by atoms with Crippen LogP contribution in [-0.2, 0) is 28.4 Å². The molecular formula is C93H117N21O15. The molecule has 129 heavy (non-hydrogen) atoms. The largest absolute Gasteiger partial charge is 0.443 e. The Morgan fingerprint density at radius 3 is 0.853 bits per heavy atom. The van der Waals surface area contributed by atoms with E-state index >= 15 is 0 Å². The van der Waals surface area contributed by atoms with Gasteiger partial charge in [0.1, 0.15) is 68.8 Å². The second-order valence-electron chi connectivity index (χ2n) is 34.4.